The fraction of sp³-hybridized carbons (Fsp3) is 0.333. The Morgan fingerprint density at radius 2 is 2.08 bits per heavy atom. The maximum Gasteiger partial charge on any atom is 0.338 e. The van der Waals surface area contributed by atoms with Gasteiger partial charge in [-0.2, -0.15) is 5.26 Å². The van der Waals surface area contributed by atoms with Crippen molar-refractivity contribution in [2.45, 2.75) is 32.8 Å². The zero-order chi connectivity index (χ0) is 18.1. The molecule has 130 valence electrons. The number of rotatable bonds is 3. The van der Waals surface area contributed by atoms with Crippen molar-refractivity contribution in [3.05, 3.63) is 46.6 Å². The van der Waals surface area contributed by atoms with Gasteiger partial charge in [0, 0.05) is 0 Å². The zero-order valence-corrected chi connectivity index (χ0v) is 14.2. The highest BCUT2D eigenvalue weighted by molar-refractivity contribution is 5.92. The maximum absolute atomic E-state index is 12.6. The van der Waals surface area contributed by atoms with Crippen LogP contribution in [0.2, 0.25) is 0 Å². The molecule has 1 unspecified atom stereocenters. The number of nitrogens with zero attached hydrogens (tertiary/aromatic N) is 1. The van der Waals surface area contributed by atoms with E-state index in [9.17, 15) is 10.1 Å². The summed E-state index contributed by atoms with van der Waals surface area (Å²) in [5.74, 6) is 0.204. The van der Waals surface area contributed by atoms with Crippen LogP contribution >= 0.6 is 0 Å². The molecule has 25 heavy (non-hydrogen) atoms. The number of allylic oxidation sites excluding steroid dienone is 2. The van der Waals surface area contributed by atoms with Crippen molar-refractivity contribution in [2.75, 3.05) is 6.79 Å². The molecular weight excluding hydrogens is 324 g/mol. The van der Waals surface area contributed by atoms with Crippen molar-refractivity contribution in [3.8, 4) is 17.6 Å². The van der Waals surface area contributed by atoms with Crippen molar-refractivity contribution in [3.63, 3.8) is 0 Å². The highest BCUT2D eigenvalue weighted by atomic mass is 16.7. The van der Waals surface area contributed by atoms with Crippen LogP contribution in [0, 0.1) is 11.3 Å². The second-order valence-electron chi connectivity index (χ2n) is 5.96. The minimum absolute atomic E-state index is 0.0243. The van der Waals surface area contributed by atoms with Gasteiger partial charge in [0.1, 0.15) is 17.4 Å². The summed E-state index contributed by atoms with van der Waals surface area (Å²) in [5.41, 5.74) is 6.95. The topological polar surface area (TPSA) is 104 Å². The number of benzene rings is 1. The molecule has 0 fully saturated rings. The average molecular weight is 342 g/mol. The van der Waals surface area contributed by atoms with Gasteiger partial charge in [-0.1, -0.05) is 6.07 Å². The predicted molar refractivity (Wildman–Crippen MR) is 87.1 cm³/mol. The number of nitriles is 1. The molecule has 0 saturated heterocycles. The molecule has 2 N–H and O–H groups in total. The minimum Gasteiger partial charge on any atom is -0.459 e. The van der Waals surface area contributed by atoms with Crippen LogP contribution < -0.4 is 15.2 Å². The Kier molecular flexibility index (Phi) is 4.28. The first kappa shape index (κ1) is 16.7. The summed E-state index contributed by atoms with van der Waals surface area (Å²) < 4.78 is 21.4. The second-order valence-corrected chi connectivity index (χ2v) is 5.96. The zero-order valence-electron chi connectivity index (χ0n) is 14.2. The third-order valence-electron chi connectivity index (χ3n) is 3.90. The molecule has 0 aliphatic carbocycles. The Morgan fingerprint density at radius 1 is 1.36 bits per heavy atom. The van der Waals surface area contributed by atoms with Crippen LogP contribution in [0.1, 0.15) is 32.3 Å². The van der Waals surface area contributed by atoms with E-state index in [4.69, 9.17) is 24.7 Å². The Morgan fingerprint density at radius 3 is 2.76 bits per heavy atom. The summed E-state index contributed by atoms with van der Waals surface area (Å²) in [5, 5.41) is 9.56. The first-order valence-electron chi connectivity index (χ1n) is 7.81. The standard InChI is InChI=1S/C18H18N2O5/c1-9(2)24-18(21)15-10(3)25-17(20)12(7-19)16(15)11-4-5-13-14(6-11)23-8-22-13/h4-6,9,16H,8,20H2,1-3H3. The number of hydrogen-bond donors (Lipinski definition) is 1. The van der Waals surface area contributed by atoms with Gasteiger partial charge in [0.2, 0.25) is 12.7 Å². The van der Waals surface area contributed by atoms with E-state index in [1.807, 2.05) is 6.07 Å². The number of carbonyl (C=O) groups excluding carboxylic acids is 1. The molecule has 2 aliphatic heterocycles. The van der Waals surface area contributed by atoms with E-state index in [2.05, 4.69) is 0 Å². The van der Waals surface area contributed by atoms with Crippen LogP contribution in [0.25, 0.3) is 0 Å². The highest BCUT2D eigenvalue weighted by Gasteiger charge is 2.37. The van der Waals surface area contributed by atoms with Crippen LogP contribution in [0.5, 0.6) is 11.5 Å². The molecule has 3 rings (SSSR count). The first-order chi connectivity index (χ1) is 11.9. The molecule has 0 spiro atoms. The molecule has 0 radical (unpaired) electrons. The van der Waals surface area contributed by atoms with Gasteiger partial charge in [-0.05, 0) is 38.5 Å². The minimum atomic E-state index is -0.695. The second kappa shape index (κ2) is 6.40. The lowest BCUT2D eigenvalue weighted by Crippen LogP contribution is -2.26. The molecule has 0 saturated carbocycles. The lowest BCUT2D eigenvalue weighted by molar-refractivity contribution is -0.143. The number of hydrogen-bond acceptors (Lipinski definition) is 7. The predicted octanol–water partition coefficient (Wildman–Crippen LogP) is 2.45. The van der Waals surface area contributed by atoms with Crippen LogP contribution in [0.3, 0.4) is 0 Å². The van der Waals surface area contributed by atoms with E-state index in [0.717, 1.165) is 0 Å². The van der Waals surface area contributed by atoms with Crippen LogP contribution in [-0.4, -0.2) is 18.9 Å². The van der Waals surface area contributed by atoms with Gasteiger partial charge >= 0.3 is 5.97 Å². The third-order valence-corrected chi connectivity index (χ3v) is 3.90. The Balaban J connectivity index is 2.11. The molecule has 0 amide bonds. The lowest BCUT2D eigenvalue weighted by atomic mass is 9.83. The molecule has 7 nitrogen and oxygen atoms in total. The largest absolute Gasteiger partial charge is 0.459 e. The van der Waals surface area contributed by atoms with Crippen LogP contribution in [-0.2, 0) is 14.3 Å². The van der Waals surface area contributed by atoms with Crippen molar-refractivity contribution in [1.29, 1.82) is 5.26 Å². The van der Waals surface area contributed by atoms with Gasteiger partial charge < -0.3 is 24.7 Å². The van der Waals surface area contributed by atoms with Gasteiger partial charge in [0.15, 0.2) is 11.5 Å². The normalized spacial score (nSPS) is 18.9. The molecule has 0 aromatic heterocycles. The Bertz CT molecular complexity index is 832. The lowest BCUT2D eigenvalue weighted by Gasteiger charge is -2.27. The summed E-state index contributed by atoms with van der Waals surface area (Å²) in [7, 11) is 0. The molecule has 1 atom stereocenters. The van der Waals surface area contributed by atoms with E-state index in [1.165, 1.54) is 0 Å². The van der Waals surface area contributed by atoms with Gasteiger partial charge in [-0.15, -0.1) is 0 Å². The summed E-state index contributed by atoms with van der Waals surface area (Å²) >= 11 is 0. The van der Waals surface area contributed by atoms with E-state index in [1.54, 1.807) is 39.0 Å². The summed E-state index contributed by atoms with van der Waals surface area (Å²) in [6.07, 6.45) is -0.306. The molecule has 2 heterocycles. The van der Waals surface area contributed by atoms with E-state index >= 15 is 0 Å². The SMILES string of the molecule is CC1=C(C(=O)OC(C)C)C(c2ccc3c(c2)OCO3)C(C#N)=C(N)O1. The number of nitrogens with two attached hydrogens (primary N) is 1. The van der Waals surface area contributed by atoms with E-state index in [0.29, 0.717) is 22.8 Å². The van der Waals surface area contributed by atoms with Crippen molar-refractivity contribution in [1.82, 2.24) is 0 Å². The monoisotopic (exact) mass is 342 g/mol. The van der Waals surface area contributed by atoms with Gasteiger partial charge in [0.05, 0.1) is 17.6 Å². The first-order valence-corrected chi connectivity index (χ1v) is 7.81. The number of carbonyl (C=O) groups is 1. The smallest absolute Gasteiger partial charge is 0.338 e. The molecule has 1 aromatic carbocycles. The molecule has 7 heteroatoms. The quantitative estimate of drug-likeness (QED) is 0.841. The number of fused-ring (bicyclic) bond motifs is 1. The fourth-order valence-electron chi connectivity index (χ4n) is 2.85. The van der Waals surface area contributed by atoms with Gasteiger partial charge in [-0.25, -0.2) is 4.79 Å². The third kappa shape index (κ3) is 2.98. The summed E-state index contributed by atoms with van der Waals surface area (Å²) in [6, 6.07) is 7.28. The Hall–Kier alpha value is -3.14. The van der Waals surface area contributed by atoms with Crippen molar-refractivity contribution in [2.24, 2.45) is 5.73 Å². The summed E-state index contributed by atoms with van der Waals surface area (Å²) in [6.45, 7) is 5.26. The maximum atomic E-state index is 12.6. The number of ether oxygens (including phenoxy) is 4. The van der Waals surface area contributed by atoms with Crippen LogP contribution in [0.4, 0.5) is 0 Å². The van der Waals surface area contributed by atoms with Crippen molar-refractivity contribution < 1.29 is 23.7 Å². The molecule has 2 aliphatic rings. The molecule has 1 aromatic rings. The van der Waals surface area contributed by atoms with E-state index < -0.39 is 11.9 Å². The molecule has 0 bridgehead atoms. The van der Waals surface area contributed by atoms with E-state index in [-0.39, 0.29) is 29.9 Å². The van der Waals surface area contributed by atoms with Gasteiger partial charge in [-0.3, -0.25) is 0 Å². The average Bonchev–Trinajstić information content (AvgIpc) is 3.00. The fourth-order valence-corrected chi connectivity index (χ4v) is 2.85. The summed E-state index contributed by atoms with van der Waals surface area (Å²) in [4.78, 5) is 12.6. The molecular formula is C18H18N2O5. The van der Waals surface area contributed by atoms with Gasteiger partial charge in [0.25, 0.3) is 0 Å². The van der Waals surface area contributed by atoms with Crippen LogP contribution in [0.15, 0.2) is 41.0 Å². The highest BCUT2D eigenvalue weighted by Crippen LogP contribution is 2.43. The Labute approximate surface area is 145 Å². The number of esters is 1. The van der Waals surface area contributed by atoms with Crippen molar-refractivity contribution >= 4 is 5.97 Å².